The van der Waals surface area contributed by atoms with Crippen LogP contribution in [0.25, 0.3) is 16.6 Å². The normalized spacial score (nSPS) is 13.8. The van der Waals surface area contributed by atoms with Gasteiger partial charge in [0.05, 0.1) is 5.52 Å². The number of nitrogens with one attached hydrogen (secondary N) is 1. The molecular weight excluding hydrogens is 410 g/mol. The second kappa shape index (κ2) is 11.9. The molecule has 0 bridgehead atoms. The van der Waals surface area contributed by atoms with Gasteiger partial charge in [0.15, 0.2) is 0 Å². The summed E-state index contributed by atoms with van der Waals surface area (Å²) in [6.45, 7) is 9.19. The third-order valence-corrected chi connectivity index (χ3v) is 5.72. The van der Waals surface area contributed by atoms with Crippen molar-refractivity contribution in [1.29, 1.82) is 0 Å². The molecule has 6 heteroatoms. The van der Waals surface area contributed by atoms with Crippen molar-refractivity contribution >= 4 is 28.8 Å². The van der Waals surface area contributed by atoms with Gasteiger partial charge in [-0.2, -0.15) is 0 Å². The van der Waals surface area contributed by atoms with E-state index >= 15 is 0 Å². The second-order valence-corrected chi connectivity index (χ2v) is 8.03. The van der Waals surface area contributed by atoms with E-state index in [0.29, 0.717) is 5.95 Å². The minimum atomic E-state index is 0.628. The van der Waals surface area contributed by atoms with Crippen molar-refractivity contribution in [1.82, 2.24) is 19.8 Å². The van der Waals surface area contributed by atoms with Gasteiger partial charge < -0.3 is 10.2 Å². The van der Waals surface area contributed by atoms with Crippen molar-refractivity contribution in [3.05, 3.63) is 84.2 Å². The van der Waals surface area contributed by atoms with Crippen LogP contribution in [-0.2, 0) is 6.54 Å². The molecule has 0 amide bonds. The molecule has 0 atom stereocenters. The SMILES string of the molecule is C=CN(C)/C(=C\C)c1ccc2cnc(NC)nc2c1.O=Cc1cccc(CN2CCCC2)c1. The number of fused-ring (bicyclic) bond motifs is 1. The fraction of sp³-hybridized carbons (Fsp3) is 0.296. The number of aldehydes is 1. The number of carbonyl (C=O) groups excluding carboxylic acids is 1. The van der Waals surface area contributed by atoms with Crippen LogP contribution in [0.15, 0.2) is 67.5 Å². The third kappa shape index (κ3) is 6.49. The van der Waals surface area contributed by atoms with E-state index in [1.807, 2.05) is 56.4 Å². The molecule has 3 aromatic rings. The Bertz CT molecular complexity index is 1120. The Morgan fingerprint density at radius 2 is 2.00 bits per heavy atom. The van der Waals surface area contributed by atoms with Crippen LogP contribution in [-0.4, -0.2) is 53.2 Å². The van der Waals surface area contributed by atoms with Crippen LogP contribution in [0.5, 0.6) is 0 Å². The van der Waals surface area contributed by atoms with Crippen LogP contribution in [0.1, 0.15) is 41.3 Å². The smallest absolute Gasteiger partial charge is 0.222 e. The summed E-state index contributed by atoms with van der Waals surface area (Å²) in [4.78, 5) is 23.7. The predicted octanol–water partition coefficient (Wildman–Crippen LogP) is 5.20. The zero-order valence-corrected chi connectivity index (χ0v) is 19.8. The molecule has 0 spiro atoms. The molecule has 1 fully saturated rings. The number of benzene rings is 2. The van der Waals surface area contributed by atoms with Crippen LogP contribution in [0.2, 0.25) is 0 Å². The Morgan fingerprint density at radius 3 is 2.67 bits per heavy atom. The summed E-state index contributed by atoms with van der Waals surface area (Å²) in [5, 5.41) is 3.98. The number of likely N-dealkylation sites (tertiary alicyclic amines) is 1. The molecule has 0 radical (unpaired) electrons. The van der Waals surface area contributed by atoms with E-state index in [9.17, 15) is 4.79 Å². The summed E-state index contributed by atoms with van der Waals surface area (Å²) in [6.07, 6.45) is 9.21. The quantitative estimate of drug-likeness (QED) is 0.506. The van der Waals surface area contributed by atoms with Crippen molar-refractivity contribution in [3.8, 4) is 0 Å². The van der Waals surface area contributed by atoms with E-state index in [1.165, 1.54) is 31.5 Å². The first-order valence-electron chi connectivity index (χ1n) is 11.3. The monoisotopic (exact) mass is 443 g/mol. The van der Waals surface area contributed by atoms with Crippen molar-refractivity contribution in [2.75, 3.05) is 32.5 Å². The van der Waals surface area contributed by atoms with Crippen molar-refractivity contribution in [2.45, 2.75) is 26.3 Å². The van der Waals surface area contributed by atoms with Gasteiger partial charge in [0.1, 0.15) is 6.29 Å². The van der Waals surface area contributed by atoms with Gasteiger partial charge in [-0.25, -0.2) is 9.97 Å². The standard InChI is InChI=1S/C15H18N4.C12H15NO/c1-5-14(19(4)6-2)11-7-8-12-10-17-15(16-3)18-13(12)9-11;14-10-12-5-3-4-11(8-12)9-13-6-1-2-7-13/h5-10H,2H2,1,3-4H3,(H,16,17,18);3-5,8,10H,1-2,6-7,9H2/b14-5-;. The predicted molar refractivity (Wildman–Crippen MR) is 137 cm³/mol. The molecule has 2 aromatic carbocycles. The average Bonchev–Trinajstić information content (AvgIpc) is 3.37. The van der Waals surface area contributed by atoms with Crippen LogP contribution < -0.4 is 5.32 Å². The molecular formula is C27H33N5O. The first-order valence-corrected chi connectivity index (χ1v) is 11.3. The zero-order valence-electron chi connectivity index (χ0n) is 19.8. The molecule has 1 aliphatic heterocycles. The third-order valence-electron chi connectivity index (χ3n) is 5.72. The summed E-state index contributed by atoms with van der Waals surface area (Å²) in [6, 6.07) is 14.0. The van der Waals surface area contributed by atoms with Crippen molar-refractivity contribution < 1.29 is 4.79 Å². The lowest BCUT2D eigenvalue weighted by Crippen LogP contribution is -2.18. The molecule has 1 N–H and O–H groups in total. The Balaban J connectivity index is 0.000000194. The summed E-state index contributed by atoms with van der Waals surface area (Å²) in [5.74, 6) is 0.628. The highest BCUT2D eigenvalue weighted by Crippen LogP contribution is 2.22. The number of carbonyl (C=O) groups is 1. The summed E-state index contributed by atoms with van der Waals surface area (Å²) >= 11 is 0. The number of nitrogens with zero attached hydrogens (tertiary/aromatic N) is 4. The van der Waals surface area contributed by atoms with E-state index in [0.717, 1.165) is 40.6 Å². The molecule has 1 aliphatic rings. The molecule has 6 nitrogen and oxygen atoms in total. The van der Waals surface area contributed by atoms with E-state index in [2.05, 4.69) is 51.0 Å². The molecule has 4 rings (SSSR count). The minimum absolute atomic E-state index is 0.628. The molecule has 1 aromatic heterocycles. The lowest BCUT2D eigenvalue weighted by molar-refractivity contribution is 0.112. The fourth-order valence-electron chi connectivity index (χ4n) is 3.94. The highest BCUT2D eigenvalue weighted by Gasteiger charge is 2.11. The van der Waals surface area contributed by atoms with E-state index in [1.54, 1.807) is 6.20 Å². The molecule has 0 saturated carbocycles. The number of hydrogen-bond acceptors (Lipinski definition) is 6. The topological polar surface area (TPSA) is 61.4 Å². The number of allylic oxidation sites excluding steroid dienone is 1. The minimum Gasteiger partial charge on any atom is -0.357 e. The zero-order chi connectivity index (χ0) is 23.6. The number of hydrogen-bond donors (Lipinski definition) is 1. The van der Waals surface area contributed by atoms with Crippen molar-refractivity contribution in [2.24, 2.45) is 0 Å². The Morgan fingerprint density at radius 1 is 1.21 bits per heavy atom. The van der Waals surface area contributed by atoms with E-state index < -0.39 is 0 Å². The first kappa shape index (κ1) is 24.1. The summed E-state index contributed by atoms with van der Waals surface area (Å²) in [5.41, 5.74) is 5.16. The number of aromatic nitrogens is 2. The molecule has 0 unspecified atom stereocenters. The van der Waals surface area contributed by atoms with Gasteiger partial charge >= 0.3 is 0 Å². The molecule has 33 heavy (non-hydrogen) atoms. The lowest BCUT2D eigenvalue weighted by Gasteiger charge is -2.18. The van der Waals surface area contributed by atoms with Crippen LogP contribution in [0.4, 0.5) is 5.95 Å². The Hall–Kier alpha value is -3.51. The van der Waals surface area contributed by atoms with Gasteiger partial charge in [-0.05, 0) is 62.3 Å². The molecule has 2 heterocycles. The highest BCUT2D eigenvalue weighted by atomic mass is 16.1. The van der Waals surface area contributed by atoms with Crippen LogP contribution in [0.3, 0.4) is 0 Å². The van der Waals surface area contributed by atoms with Gasteiger partial charge in [0.25, 0.3) is 0 Å². The fourth-order valence-corrected chi connectivity index (χ4v) is 3.94. The van der Waals surface area contributed by atoms with Gasteiger partial charge in [0, 0.05) is 43.5 Å². The Labute approximate surface area is 196 Å². The van der Waals surface area contributed by atoms with Gasteiger partial charge in [-0.3, -0.25) is 9.69 Å². The Kier molecular flexibility index (Phi) is 8.72. The number of rotatable bonds is 7. The maximum Gasteiger partial charge on any atom is 0.222 e. The second-order valence-electron chi connectivity index (χ2n) is 8.03. The maximum absolute atomic E-state index is 10.6. The summed E-state index contributed by atoms with van der Waals surface area (Å²) in [7, 11) is 3.79. The molecule has 172 valence electrons. The molecule has 0 aliphatic carbocycles. The average molecular weight is 444 g/mol. The number of anilines is 1. The molecule has 1 saturated heterocycles. The summed E-state index contributed by atoms with van der Waals surface area (Å²) < 4.78 is 0. The van der Waals surface area contributed by atoms with Gasteiger partial charge in [-0.15, -0.1) is 0 Å². The first-order chi connectivity index (χ1) is 16.1. The van der Waals surface area contributed by atoms with Crippen molar-refractivity contribution in [3.63, 3.8) is 0 Å². The van der Waals surface area contributed by atoms with Crippen LogP contribution >= 0.6 is 0 Å². The highest BCUT2D eigenvalue weighted by molar-refractivity contribution is 5.83. The largest absolute Gasteiger partial charge is 0.357 e. The van der Waals surface area contributed by atoms with Crippen LogP contribution in [0, 0.1) is 0 Å². The van der Waals surface area contributed by atoms with E-state index in [-0.39, 0.29) is 0 Å². The maximum atomic E-state index is 10.6. The van der Waals surface area contributed by atoms with Gasteiger partial charge in [0.2, 0.25) is 5.95 Å². The van der Waals surface area contributed by atoms with E-state index in [4.69, 9.17) is 0 Å². The van der Waals surface area contributed by atoms with Gasteiger partial charge in [-0.1, -0.05) is 43.0 Å². The lowest BCUT2D eigenvalue weighted by atomic mass is 10.1.